The summed E-state index contributed by atoms with van der Waals surface area (Å²) in [4.78, 5) is 14.3. The van der Waals surface area contributed by atoms with Crippen LogP contribution >= 0.6 is 0 Å². The van der Waals surface area contributed by atoms with Gasteiger partial charge in [0, 0.05) is 6.20 Å². The van der Waals surface area contributed by atoms with Crippen LogP contribution in [0, 0.1) is 6.92 Å². The highest BCUT2D eigenvalue weighted by atomic mass is 16.1. The minimum atomic E-state index is -0.291. The van der Waals surface area contributed by atoms with Crippen molar-refractivity contribution in [2.75, 3.05) is 0 Å². The summed E-state index contributed by atoms with van der Waals surface area (Å²) in [6.45, 7) is 2.01. The highest BCUT2D eigenvalue weighted by Crippen LogP contribution is 2.49. The van der Waals surface area contributed by atoms with E-state index in [0.29, 0.717) is 0 Å². The van der Waals surface area contributed by atoms with E-state index in [4.69, 9.17) is 0 Å². The van der Waals surface area contributed by atoms with Crippen LogP contribution < -0.4 is 0 Å². The van der Waals surface area contributed by atoms with E-state index in [2.05, 4.69) is 10.1 Å². The van der Waals surface area contributed by atoms with Gasteiger partial charge < -0.3 is 0 Å². The molecule has 3 rings (SSSR count). The average Bonchev–Trinajstić information content (AvgIpc) is 3.04. The number of nitrogens with zero attached hydrogens (tertiary/aromatic N) is 3. The van der Waals surface area contributed by atoms with Crippen molar-refractivity contribution in [3.8, 4) is 5.69 Å². The summed E-state index contributed by atoms with van der Waals surface area (Å²) in [6, 6.07) is 8.03. The first-order valence-electron chi connectivity index (χ1n) is 5.95. The largest absolute Gasteiger partial charge is 0.241 e. The fourth-order valence-corrected chi connectivity index (χ4v) is 2.15. The molecular formula is C14H13N3O. The molecule has 1 saturated carbocycles. The Balaban J connectivity index is 1.92. The Morgan fingerprint density at radius 3 is 2.56 bits per heavy atom. The molecule has 0 N–H and O–H groups in total. The van der Waals surface area contributed by atoms with E-state index in [9.17, 15) is 4.79 Å². The molecule has 1 heterocycles. The van der Waals surface area contributed by atoms with Crippen LogP contribution in [0.25, 0.3) is 5.69 Å². The van der Waals surface area contributed by atoms with Gasteiger partial charge in [0.1, 0.15) is 0 Å². The monoisotopic (exact) mass is 239 g/mol. The predicted molar refractivity (Wildman–Crippen MR) is 67.3 cm³/mol. The molecule has 1 aliphatic rings. The molecule has 0 amide bonds. The van der Waals surface area contributed by atoms with Gasteiger partial charge in [0.15, 0.2) is 0 Å². The molecule has 1 aromatic carbocycles. The molecule has 0 aliphatic heterocycles. The predicted octanol–water partition coefficient (Wildman–Crippen LogP) is 2.51. The quantitative estimate of drug-likeness (QED) is 0.610. The zero-order valence-electron chi connectivity index (χ0n) is 10.1. The molecule has 90 valence electrons. The van der Waals surface area contributed by atoms with Crippen molar-refractivity contribution < 1.29 is 4.79 Å². The minimum Gasteiger partial charge on any atom is -0.241 e. The Hall–Kier alpha value is -2.19. The van der Waals surface area contributed by atoms with E-state index in [1.54, 1.807) is 6.08 Å². The Bertz CT molecular complexity index is 617. The lowest BCUT2D eigenvalue weighted by Gasteiger charge is -2.09. The summed E-state index contributed by atoms with van der Waals surface area (Å²) in [7, 11) is 0. The maximum absolute atomic E-state index is 10.4. The maximum atomic E-state index is 10.4. The zero-order valence-corrected chi connectivity index (χ0v) is 10.1. The van der Waals surface area contributed by atoms with E-state index in [-0.39, 0.29) is 5.54 Å². The molecular weight excluding hydrogens is 226 g/mol. The molecule has 18 heavy (non-hydrogen) atoms. The summed E-state index contributed by atoms with van der Waals surface area (Å²) < 4.78 is 1.83. The Morgan fingerprint density at radius 2 is 2.06 bits per heavy atom. The van der Waals surface area contributed by atoms with Crippen LogP contribution in [0.2, 0.25) is 0 Å². The van der Waals surface area contributed by atoms with Gasteiger partial charge in [0.25, 0.3) is 0 Å². The van der Waals surface area contributed by atoms with Gasteiger partial charge in [-0.1, -0.05) is 12.1 Å². The fraction of sp³-hybridized carbons (Fsp3) is 0.286. The lowest BCUT2D eigenvalue weighted by molar-refractivity contribution is 0.556. The lowest BCUT2D eigenvalue weighted by atomic mass is 10.1. The molecule has 4 nitrogen and oxygen atoms in total. The van der Waals surface area contributed by atoms with E-state index >= 15 is 0 Å². The van der Waals surface area contributed by atoms with E-state index in [0.717, 1.165) is 29.7 Å². The van der Waals surface area contributed by atoms with E-state index < -0.39 is 0 Å². The summed E-state index contributed by atoms with van der Waals surface area (Å²) in [5, 5.41) is 4.26. The van der Waals surface area contributed by atoms with Gasteiger partial charge in [-0.2, -0.15) is 10.1 Å². The van der Waals surface area contributed by atoms with Crippen LogP contribution in [0.1, 0.15) is 24.0 Å². The summed E-state index contributed by atoms with van der Waals surface area (Å²) in [6.07, 6.45) is 7.35. The van der Waals surface area contributed by atoms with Gasteiger partial charge >= 0.3 is 0 Å². The minimum absolute atomic E-state index is 0.291. The van der Waals surface area contributed by atoms with E-state index in [1.165, 1.54) is 0 Å². The SMILES string of the molecule is Cc1cnn(-c2ccc(C3(N=C=O)CC3)cc2)c1. The van der Waals surface area contributed by atoms with Gasteiger partial charge in [-0.25, -0.2) is 9.48 Å². The molecule has 0 bridgehead atoms. The van der Waals surface area contributed by atoms with Gasteiger partial charge in [0.2, 0.25) is 6.08 Å². The summed E-state index contributed by atoms with van der Waals surface area (Å²) in [5.41, 5.74) is 2.93. The highest BCUT2D eigenvalue weighted by molar-refractivity contribution is 5.44. The summed E-state index contributed by atoms with van der Waals surface area (Å²) >= 11 is 0. The number of carbonyl (C=O) groups excluding carboxylic acids is 1. The van der Waals surface area contributed by atoms with Crippen molar-refractivity contribution in [1.29, 1.82) is 0 Å². The molecule has 1 aromatic heterocycles. The number of isocyanates is 1. The third kappa shape index (κ3) is 1.77. The van der Waals surface area contributed by atoms with Crippen LogP contribution in [-0.2, 0) is 10.3 Å². The molecule has 2 aromatic rings. The number of benzene rings is 1. The van der Waals surface area contributed by atoms with Crippen molar-refractivity contribution in [3.05, 3.63) is 47.8 Å². The molecule has 1 fully saturated rings. The Morgan fingerprint density at radius 1 is 1.33 bits per heavy atom. The smallest absolute Gasteiger partial charge is 0.235 e. The molecule has 0 unspecified atom stereocenters. The van der Waals surface area contributed by atoms with Gasteiger partial charge in [-0.05, 0) is 43.0 Å². The van der Waals surface area contributed by atoms with Crippen molar-refractivity contribution >= 4 is 6.08 Å². The number of aromatic nitrogens is 2. The second kappa shape index (κ2) is 3.93. The third-order valence-corrected chi connectivity index (χ3v) is 3.36. The average molecular weight is 239 g/mol. The number of aryl methyl sites for hydroxylation is 1. The highest BCUT2D eigenvalue weighted by Gasteiger charge is 2.44. The van der Waals surface area contributed by atoms with Crippen LogP contribution in [0.4, 0.5) is 0 Å². The Kier molecular flexibility index (Phi) is 2.39. The topological polar surface area (TPSA) is 47.2 Å². The second-order valence-corrected chi connectivity index (χ2v) is 4.74. The number of hydrogen-bond donors (Lipinski definition) is 0. The standard InChI is InChI=1S/C14H13N3O/c1-11-8-16-17(9-11)13-4-2-12(3-5-13)14(6-7-14)15-10-18/h2-5,8-9H,6-7H2,1H3. The molecule has 0 radical (unpaired) electrons. The first-order valence-corrected chi connectivity index (χ1v) is 5.95. The van der Waals surface area contributed by atoms with Gasteiger partial charge in [-0.3, -0.25) is 0 Å². The van der Waals surface area contributed by atoms with Crippen LogP contribution in [0.5, 0.6) is 0 Å². The van der Waals surface area contributed by atoms with Gasteiger partial charge in [-0.15, -0.1) is 0 Å². The number of hydrogen-bond acceptors (Lipinski definition) is 3. The fourth-order valence-electron chi connectivity index (χ4n) is 2.15. The van der Waals surface area contributed by atoms with Crippen LogP contribution in [-0.4, -0.2) is 15.9 Å². The van der Waals surface area contributed by atoms with Crippen LogP contribution in [0.15, 0.2) is 41.7 Å². The lowest BCUT2D eigenvalue weighted by Crippen LogP contribution is -2.03. The normalized spacial score (nSPS) is 16.1. The first-order chi connectivity index (χ1) is 8.73. The summed E-state index contributed by atoms with van der Waals surface area (Å²) in [5.74, 6) is 0. The maximum Gasteiger partial charge on any atom is 0.235 e. The third-order valence-electron chi connectivity index (χ3n) is 3.36. The van der Waals surface area contributed by atoms with Crippen molar-refractivity contribution in [2.45, 2.75) is 25.3 Å². The Labute approximate surface area is 105 Å². The van der Waals surface area contributed by atoms with Gasteiger partial charge in [0.05, 0.1) is 17.4 Å². The second-order valence-electron chi connectivity index (χ2n) is 4.74. The molecule has 1 aliphatic carbocycles. The first kappa shape index (κ1) is 10.9. The number of aliphatic imine (C=N–C) groups is 1. The molecule has 0 saturated heterocycles. The molecule has 0 spiro atoms. The van der Waals surface area contributed by atoms with Crippen molar-refractivity contribution in [1.82, 2.24) is 9.78 Å². The van der Waals surface area contributed by atoms with Crippen LogP contribution in [0.3, 0.4) is 0 Å². The van der Waals surface area contributed by atoms with E-state index in [1.807, 2.05) is 48.3 Å². The zero-order chi connectivity index (χ0) is 12.6. The molecule has 0 atom stereocenters. The van der Waals surface area contributed by atoms with Crippen molar-refractivity contribution in [2.24, 2.45) is 4.99 Å². The molecule has 4 heteroatoms. The van der Waals surface area contributed by atoms with Crippen molar-refractivity contribution in [3.63, 3.8) is 0 Å². The number of rotatable bonds is 3.